The van der Waals surface area contributed by atoms with E-state index in [4.69, 9.17) is 9.47 Å². The molecule has 6 heteroatoms. The Hall–Kier alpha value is -1.30. The predicted molar refractivity (Wildman–Crippen MR) is 75.6 cm³/mol. The van der Waals surface area contributed by atoms with Crippen LogP contribution in [0.1, 0.15) is 47.0 Å². The van der Waals surface area contributed by atoms with Gasteiger partial charge >= 0.3 is 12.1 Å². The number of esters is 1. The van der Waals surface area contributed by atoms with Gasteiger partial charge in [0.15, 0.2) is 0 Å². The van der Waals surface area contributed by atoms with Gasteiger partial charge in [0.2, 0.25) is 0 Å². The van der Waals surface area contributed by atoms with Gasteiger partial charge in [-0.15, -0.1) is 0 Å². The maximum atomic E-state index is 12.4. The summed E-state index contributed by atoms with van der Waals surface area (Å²) in [6.07, 6.45) is 0.963. The minimum atomic E-state index is -0.734. The summed E-state index contributed by atoms with van der Waals surface area (Å²) < 4.78 is 10.5. The van der Waals surface area contributed by atoms with Crippen molar-refractivity contribution in [1.29, 1.82) is 0 Å². The molecule has 1 aliphatic carbocycles. The number of carbonyl (C=O) groups is 2. The van der Waals surface area contributed by atoms with Crippen molar-refractivity contribution in [3.63, 3.8) is 0 Å². The lowest BCUT2D eigenvalue weighted by atomic mass is 9.73. The molecule has 4 atom stereocenters. The van der Waals surface area contributed by atoms with E-state index in [0.29, 0.717) is 6.42 Å². The van der Waals surface area contributed by atoms with Crippen LogP contribution in [0.4, 0.5) is 4.79 Å². The lowest BCUT2D eigenvalue weighted by Gasteiger charge is -2.51. The highest BCUT2D eigenvalue weighted by atomic mass is 16.6. The number of hydrogen-bond donors (Lipinski definition) is 1. The van der Waals surface area contributed by atoms with Gasteiger partial charge in [0.05, 0.1) is 12.7 Å². The van der Waals surface area contributed by atoms with Gasteiger partial charge in [-0.1, -0.05) is 0 Å². The summed E-state index contributed by atoms with van der Waals surface area (Å²) in [5.74, 6) is -0.710. The molecule has 3 aliphatic rings. The van der Waals surface area contributed by atoms with E-state index < -0.39 is 29.8 Å². The molecule has 0 aromatic rings. The highest BCUT2D eigenvalue weighted by Crippen LogP contribution is 2.41. The van der Waals surface area contributed by atoms with Crippen LogP contribution in [-0.2, 0) is 14.3 Å². The van der Waals surface area contributed by atoms with E-state index in [1.165, 1.54) is 4.90 Å². The lowest BCUT2D eigenvalue weighted by Crippen LogP contribution is -2.65. The SMILES string of the molecule is CCOC(=O)[C@@H]1[C@@H]2CC[C@@H](C[C@H]2O)N1C(=O)OC(C)(C)C. The zero-order valence-electron chi connectivity index (χ0n) is 13.2. The summed E-state index contributed by atoms with van der Waals surface area (Å²) in [5.41, 5.74) is -0.619. The van der Waals surface area contributed by atoms with E-state index in [2.05, 4.69) is 0 Å². The highest BCUT2D eigenvalue weighted by Gasteiger charge is 2.53. The normalized spacial score (nSPS) is 32.0. The van der Waals surface area contributed by atoms with Crippen molar-refractivity contribution in [2.75, 3.05) is 6.61 Å². The molecule has 1 saturated carbocycles. The van der Waals surface area contributed by atoms with Crippen LogP contribution in [0.15, 0.2) is 0 Å². The van der Waals surface area contributed by atoms with Crippen LogP contribution >= 0.6 is 0 Å². The molecule has 0 aromatic heterocycles. The fraction of sp³-hybridized carbons (Fsp3) is 0.867. The summed E-state index contributed by atoms with van der Waals surface area (Å²) >= 11 is 0. The van der Waals surface area contributed by atoms with Crippen molar-refractivity contribution in [2.45, 2.75) is 70.7 Å². The molecule has 2 saturated heterocycles. The van der Waals surface area contributed by atoms with Gasteiger partial charge in [-0.2, -0.15) is 0 Å². The molecule has 0 aromatic carbocycles. The Balaban J connectivity index is 2.23. The van der Waals surface area contributed by atoms with Crippen LogP contribution in [0.5, 0.6) is 0 Å². The Morgan fingerprint density at radius 1 is 1.29 bits per heavy atom. The first-order valence-corrected chi connectivity index (χ1v) is 7.60. The largest absolute Gasteiger partial charge is 0.464 e. The third-order valence-electron chi connectivity index (χ3n) is 4.07. The van der Waals surface area contributed by atoms with Gasteiger partial charge in [-0.3, -0.25) is 4.90 Å². The average Bonchev–Trinajstić information content (AvgIpc) is 2.36. The second-order valence-electron chi connectivity index (χ2n) is 6.78. The van der Waals surface area contributed by atoms with Crippen molar-refractivity contribution in [1.82, 2.24) is 4.90 Å². The standard InChI is InChI=1S/C15H25NO5/c1-5-20-13(18)12-10-7-6-9(8-11(10)17)16(12)14(19)21-15(2,3)4/h9-12,17H,5-8H2,1-4H3/t9-,10+,11+,12-/m0/s1. The van der Waals surface area contributed by atoms with Crippen LogP contribution in [0.25, 0.3) is 0 Å². The lowest BCUT2D eigenvalue weighted by molar-refractivity contribution is -0.165. The molecule has 1 amide bonds. The molecule has 6 nitrogen and oxygen atoms in total. The number of nitrogens with zero attached hydrogens (tertiary/aromatic N) is 1. The number of aliphatic hydroxyl groups excluding tert-OH is 1. The van der Waals surface area contributed by atoms with Crippen LogP contribution in [-0.4, -0.2) is 52.5 Å². The number of hydrogen-bond acceptors (Lipinski definition) is 5. The smallest absolute Gasteiger partial charge is 0.411 e. The second kappa shape index (κ2) is 5.83. The summed E-state index contributed by atoms with van der Waals surface area (Å²) in [7, 11) is 0. The molecule has 1 N–H and O–H groups in total. The van der Waals surface area contributed by atoms with E-state index in [1.54, 1.807) is 27.7 Å². The Bertz CT molecular complexity index is 417. The van der Waals surface area contributed by atoms with Crippen molar-refractivity contribution in [2.24, 2.45) is 5.92 Å². The molecule has 21 heavy (non-hydrogen) atoms. The quantitative estimate of drug-likeness (QED) is 0.785. The molecule has 0 spiro atoms. The van der Waals surface area contributed by atoms with Crippen LogP contribution < -0.4 is 0 Å². The third kappa shape index (κ3) is 3.31. The van der Waals surface area contributed by atoms with E-state index in [1.807, 2.05) is 0 Å². The number of carbonyl (C=O) groups excluding carboxylic acids is 2. The molecular formula is C15H25NO5. The minimum Gasteiger partial charge on any atom is -0.464 e. The monoisotopic (exact) mass is 299 g/mol. The first-order chi connectivity index (χ1) is 9.74. The van der Waals surface area contributed by atoms with Crippen molar-refractivity contribution >= 4 is 12.1 Å². The van der Waals surface area contributed by atoms with Gasteiger partial charge in [0, 0.05) is 12.0 Å². The van der Waals surface area contributed by atoms with Crippen LogP contribution in [0.2, 0.25) is 0 Å². The van der Waals surface area contributed by atoms with E-state index in [-0.39, 0.29) is 18.6 Å². The Morgan fingerprint density at radius 2 is 1.95 bits per heavy atom. The molecule has 3 rings (SSSR count). The zero-order chi connectivity index (χ0) is 15.8. The maximum absolute atomic E-state index is 12.4. The van der Waals surface area contributed by atoms with Crippen molar-refractivity contribution < 1.29 is 24.2 Å². The van der Waals surface area contributed by atoms with Gasteiger partial charge in [0.25, 0.3) is 0 Å². The molecule has 0 unspecified atom stereocenters. The Kier molecular flexibility index (Phi) is 4.46. The Morgan fingerprint density at radius 3 is 2.48 bits per heavy atom. The zero-order valence-corrected chi connectivity index (χ0v) is 13.2. The Labute approximate surface area is 125 Å². The van der Waals surface area contributed by atoms with Gasteiger partial charge in [-0.05, 0) is 47.0 Å². The van der Waals surface area contributed by atoms with Crippen molar-refractivity contribution in [3.8, 4) is 0 Å². The van der Waals surface area contributed by atoms with Gasteiger partial charge in [-0.25, -0.2) is 9.59 Å². The molecule has 120 valence electrons. The van der Waals surface area contributed by atoms with E-state index >= 15 is 0 Å². The van der Waals surface area contributed by atoms with E-state index in [9.17, 15) is 14.7 Å². The summed E-state index contributed by atoms with van der Waals surface area (Å²) in [6.45, 7) is 7.36. The summed E-state index contributed by atoms with van der Waals surface area (Å²) in [6, 6.07) is -0.892. The summed E-state index contributed by atoms with van der Waals surface area (Å²) in [5, 5.41) is 10.1. The molecule has 3 fully saturated rings. The summed E-state index contributed by atoms with van der Waals surface area (Å²) in [4.78, 5) is 26.2. The molecule has 0 radical (unpaired) electrons. The number of ether oxygens (including phenoxy) is 2. The topological polar surface area (TPSA) is 76.1 Å². The average molecular weight is 299 g/mol. The molecule has 2 bridgehead atoms. The number of rotatable bonds is 2. The van der Waals surface area contributed by atoms with E-state index in [0.717, 1.165) is 12.8 Å². The van der Waals surface area contributed by atoms with Crippen LogP contribution in [0.3, 0.4) is 0 Å². The second-order valence-corrected chi connectivity index (χ2v) is 6.78. The van der Waals surface area contributed by atoms with Gasteiger partial charge < -0.3 is 14.6 Å². The molecule has 2 aliphatic heterocycles. The minimum absolute atomic E-state index is 0.158. The molecule has 2 heterocycles. The van der Waals surface area contributed by atoms with Crippen LogP contribution in [0, 0.1) is 5.92 Å². The number of amides is 1. The number of piperidine rings is 2. The van der Waals surface area contributed by atoms with Gasteiger partial charge in [0.1, 0.15) is 11.6 Å². The fourth-order valence-corrected chi connectivity index (χ4v) is 3.30. The number of fused-ring (bicyclic) bond motifs is 3. The number of aliphatic hydroxyl groups is 1. The first-order valence-electron chi connectivity index (χ1n) is 7.60. The molecular weight excluding hydrogens is 274 g/mol. The first kappa shape index (κ1) is 16.1. The predicted octanol–water partition coefficient (Wildman–Crippen LogP) is 1.70. The third-order valence-corrected chi connectivity index (χ3v) is 4.07. The fourth-order valence-electron chi connectivity index (χ4n) is 3.30. The van der Waals surface area contributed by atoms with Crippen molar-refractivity contribution in [3.05, 3.63) is 0 Å². The highest BCUT2D eigenvalue weighted by molar-refractivity contribution is 5.83. The maximum Gasteiger partial charge on any atom is 0.411 e.